The van der Waals surface area contributed by atoms with Gasteiger partial charge in [0.25, 0.3) is 5.91 Å². The van der Waals surface area contributed by atoms with Crippen LogP contribution in [0.3, 0.4) is 0 Å². The van der Waals surface area contributed by atoms with Crippen LogP contribution in [0.1, 0.15) is 36.3 Å². The average Bonchev–Trinajstić information content (AvgIpc) is 2.95. The first-order valence-corrected chi connectivity index (χ1v) is 7.51. The second kappa shape index (κ2) is 7.64. The van der Waals surface area contributed by atoms with Crippen molar-refractivity contribution >= 4 is 11.6 Å². The van der Waals surface area contributed by atoms with Gasteiger partial charge in [-0.1, -0.05) is 32.0 Å². The number of nitrogens with zero attached hydrogens (tertiary/aromatic N) is 1. The van der Waals surface area contributed by atoms with Gasteiger partial charge in [-0.25, -0.2) is 0 Å². The van der Waals surface area contributed by atoms with Gasteiger partial charge < -0.3 is 15.2 Å². The van der Waals surface area contributed by atoms with Gasteiger partial charge in [0, 0.05) is 25.0 Å². The average molecular weight is 285 g/mol. The molecule has 2 aromatic rings. The first-order valence-electron chi connectivity index (χ1n) is 7.51. The Bertz CT molecular complexity index is 589. The molecule has 0 atom stereocenters. The number of hydrogen-bond donors (Lipinski definition) is 2. The van der Waals surface area contributed by atoms with Crippen LogP contribution in [0.25, 0.3) is 0 Å². The maximum Gasteiger partial charge on any atom is 0.272 e. The normalized spacial score (nSPS) is 10.6. The minimum Gasteiger partial charge on any atom is -0.344 e. The van der Waals surface area contributed by atoms with E-state index in [-0.39, 0.29) is 5.91 Å². The fourth-order valence-corrected chi connectivity index (χ4v) is 2.30. The van der Waals surface area contributed by atoms with Crippen LogP contribution >= 0.6 is 0 Å². The third-order valence-electron chi connectivity index (χ3n) is 3.36. The van der Waals surface area contributed by atoms with E-state index in [4.69, 9.17) is 0 Å². The summed E-state index contributed by atoms with van der Waals surface area (Å²) < 4.78 is 1.99. The minimum absolute atomic E-state index is 0.0580. The van der Waals surface area contributed by atoms with E-state index >= 15 is 0 Å². The number of benzene rings is 1. The number of amides is 1. The maximum atomic E-state index is 12.4. The van der Waals surface area contributed by atoms with Crippen LogP contribution in [-0.2, 0) is 13.1 Å². The van der Waals surface area contributed by atoms with Gasteiger partial charge in [0.2, 0.25) is 0 Å². The van der Waals surface area contributed by atoms with Crippen molar-refractivity contribution in [2.75, 3.05) is 11.9 Å². The Hall–Kier alpha value is -2.07. The lowest BCUT2D eigenvalue weighted by atomic mass is 10.1. The number of aromatic nitrogens is 1. The molecule has 0 bridgehead atoms. The highest BCUT2D eigenvalue weighted by Gasteiger charge is 2.12. The summed E-state index contributed by atoms with van der Waals surface area (Å²) in [5.74, 6) is -0.0580. The number of para-hydroxylation sites is 1. The lowest BCUT2D eigenvalue weighted by Gasteiger charge is -2.12. The van der Waals surface area contributed by atoms with E-state index in [1.165, 1.54) is 0 Å². The highest BCUT2D eigenvalue weighted by molar-refractivity contribution is 6.03. The van der Waals surface area contributed by atoms with Crippen molar-refractivity contribution in [2.24, 2.45) is 0 Å². The molecule has 1 aromatic heterocycles. The first kappa shape index (κ1) is 15.3. The Labute approximate surface area is 126 Å². The van der Waals surface area contributed by atoms with Crippen molar-refractivity contribution < 1.29 is 4.79 Å². The number of carbonyl (C=O) groups is 1. The zero-order valence-corrected chi connectivity index (χ0v) is 12.7. The standard InChI is InChI=1S/C17H23N3O/c1-3-11-20-12-7-10-16(20)17(21)19-15-9-6-5-8-14(15)13-18-4-2/h5-10,12,18H,3-4,11,13H2,1-2H3,(H,19,21). The summed E-state index contributed by atoms with van der Waals surface area (Å²) >= 11 is 0. The smallest absolute Gasteiger partial charge is 0.272 e. The molecule has 112 valence electrons. The number of carbonyl (C=O) groups excluding carboxylic acids is 1. The lowest BCUT2D eigenvalue weighted by Crippen LogP contribution is -2.19. The Kier molecular flexibility index (Phi) is 5.58. The summed E-state index contributed by atoms with van der Waals surface area (Å²) in [6.07, 6.45) is 2.95. The van der Waals surface area contributed by atoms with Gasteiger partial charge in [0.1, 0.15) is 5.69 Å². The molecule has 0 unspecified atom stereocenters. The molecule has 0 aliphatic carbocycles. The van der Waals surface area contributed by atoms with E-state index in [0.717, 1.165) is 37.3 Å². The highest BCUT2D eigenvalue weighted by atomic mass is 16.1. The molecule has 0 radical (unpaired) electrons. The Morgan fingerprint density at radius 1 is 1.14 bits per heavy atom. The largest absolute Gasteiger partial charge is 0.344 e. The van der Waals surface area contributed by atoms with E-state index in [2.05, 4.69) is 24.5 Å². The fraction of sp³-hybridized carbons (Fsp3) is 0.353. The van der Waals surface area contributed by atoms with E-state index in [0.29, 0.717) is 5.69 Å². The van der Waals surface area contributed by atoms with E-state index in [1.54, 1.807) is 0 Å². The summed E-state index contributed by atoms with van der Waals surface area (Å²) in [7, 11) is 0. The fourth-order valence-electron chi connectivity index (χ4n) is 2.30. The quantitative estimate of drug-likeness (QED) is 0.820. The van der Waals surface area contributed by atoms with Crippen molar-refractivity contribution in [1.29, 1.82) is 0 Å². The molecule has 0 saturated carbocycles. The van der Waals surface area contributed by atoms with Crippen LogP contribution in [0.2, 0.25) is 0 Å². The molecule has 1 heterocycles. The SMILES string of the molecule is CCCn1cccc1C(=O)Nc1ccccc1CNCC. The van der Waals surface area contributed by atoms with Crippen molar-refractivity contribution in [2.45, 2.75) is 33.4 Å². The highest BCUT2D eigenvalue weighted by Crippen LogP contribution is 2.16. The topological polar surface area (TPSA) is 46.1 Å². The van der Waals surface area contributed by atoms with Crippen LogP contribution in [0.5, 0.6) is 0 Å². The van der Waals surface area contributed by atoms with Gasteiger partial charge in [-0.15, -0.1) is 0 Å². The molecule has 0 spiro atoms. The lowest BCUT2D eigenvalue weighted by molar-refractivity contribution is 0.101. The van der Waals surface area contributed by atoms with Crippen LogP contribution in [0.15, 0.2) is 42.6 Å². The van der Waals surface area contributed by atoms with E-state index < -0.39 is 0 Å². The molecule has 0 saturated heterocycles. The predicted octanol–water partition coefficient (Wildman–Crippen LogP) is 3.26. The maximum absolute atomic E-state index is 12.4. The zero-order valence-electron chi connectivity index (χ0n) is 12.7. The Balaban J connectivity index is 2.14. The Morgan fingerprint density at radius 3 is 2.71 bits per heavy atom. The van der Waals surface area contributed by atoms with Crippen molar-refractivity contribution in [3.63, 3.8) is 0 Å². The van der Waals surface area contributed by atoms with Crippen molar-refractivity contribution in [3.05, 3.63) is 53.9 Å². The Morgan fingerprint density at radius 2 is 1.95 bits per heavy atom. The van der Waals surface area contributed by atoms with Crippen LogP contribution in [-0.4, -0.2) is 17.0 Å². The number of anilines is 1. The number of nitrogens with one attached hydrogen (secondary N) is 2. The molecule has 2 N–H and O–H groups in total. The van der Waals surface area contributed by atoms with Gasteiger partial charge >= 0.3 is 0 Å². The predicted molar refractivity (Wildman–Crippen MR) is 86.5 cm³/mol. The van der Waals surface area contributed by atoms with Crippen molar-refractivity contribution in [3.8, 4) is 0 Å². The van der Waals surface area contributed by atoms with Gasteiger partial charge in [0.15, 0.2) is 0 Å². The number of rotatable bonds is 7. The molecular formula is C17H23N3O. The first-order chi connectivity index (χ1) is 10.3. The number of aryl methyl sites for hydroxylation is 1. The molecule has 0 fully saturated rings. The second-order valence-electron chi connectivity index (χ2n) is 4.98. The third kappa shape index (κ3) is 3.95. The van der Waals surface area contributed by atoms with Gasteiger partial charge in [-0.3, -0.25) is 4.79 Å². The van der Waals surface area contributed by atoms with Crippen molar-refractivity contribution in [1.82, 2.24) is 9.88 Å². The molecule has 4 nitrogen and oxygen atoms in total. The van der Waals surface area contributed by atoms with Gasteiger partial charge in [-0.2, -0.15) is 0 Å². The minimum atomic E-state index is -0.0580. The van der Waals surface area contributed by atoms with Crippen LogP contribution in [0, 0.1) is 0 Å². The van der Waals surface area contributed by atoms with E-state index in [1.807, 2.05) is 47.2 Å². The molecule has 1 aromatic carbocycles. The summed E-state index contributed by atoms with van der Waals surface area (Å²) in [6.45, 7) is 6.69. The van der Waals surface area contributed by atoms with Gasteiger partial charge in [-0.05, 0) is 36.7 Å². The molecule has 0 aliphatic heterocycles. The molecule has 21 heavy (non-hydrogen) atoms. The third-order valence-corrected chi connectivity index (χ3v) is 3.36. The monoisotopic (exact) mass is 285 g/mol. The summed E-state index contributed by atoms with van der Waals surface area (Å²) in [6, 6.07) is 11.7. The summed E-state index contributed by atoms with van der Waals surface area (Å²) in [5.41, 5.74) is 2.67. The number of hydrogen-bond acceptors (Lipinski definition) is 2. The van der Waals surface area contributed by atoms with Gasteiger partial charge in [0.05, 0.1) is 0 Å². The van der Waals surface area contributed by atoms with Crippen LogP contribution in [0.4, 0.5) is 5.69 Å². The van der Waals surface area contributed by atoms with E-state index in [9.17, 15) is 4.79 Å². The summed E-state index contributed by atoms with van der Waals surface area (Å²) in [4.78, 5) is 12.4. The molecule has 4 heteroatoms. The zero-order chi connectivity index (χ0) is 15.1. The molecular weight excluding hydrogens is 262 g/mol. The summed E-state index contributed by atoms with van der Waals surface area (Å²) in [5, 5.41) is 6.31. The molecule has 2 rings (SSSR count). The van der Waals surface area contributed by atoms with Crippen LogP contribution < -0.4 is 10.6 Å². The molecule has 1 amide bonds. The second-order valence-corrected chi connectivity index (χ2v) is 4.98. The molecule has 0 aliphatic rings.